The fourth-order valence-electron chi connectivity index (χ4n) is 1.46. The SMILES string of the molecule is CCCc1n[nH]c(=S)n1/N=C\c1sccc1C. The van der Waals surface area contributed by atoms with Crippen LogP contribution in [0.4, 0.5) is 0 Å². The Bertz CT molecular complexity index is 576. The second-order valence-electron chi connectivity index (χ2n) is 3.72. The summed E-state index contributed by atoms with van der Waals surface area (Å²) in [6, 6.07) is 2.08. The highest BCUT2D eigenvalue weighted by Gasteiger charge is 2.03. The first-order valence-electron chi connectivity index (χ1n) is 5.47. The summed E-state index contributed by atoms with van der Waals surface area (Å²) in [5.74, 6) is 0.878. The summed E-state index contributed by atoms with van der Waals surface area (Å²) >= 11 is 6.82. The van der Waals surface area contributed by atoms with Crippen LogP contribution < -0.4 is 0 Å². The summed E-state index contributed by atoms with van der Waals surface area (Å²) in [5, 5.41) is 13.4. The highest BCUT2D eigenvalue weighted by atomic mass is 32.1. The van der Waals surface area contributed by atoms with E-state index in [2.05, 4.69) is 40.6 Å². The molecule has 4 nitrogen and oxygen atoms in total. The molecule has 0 spiro atoms. The molecule has 0 atom stereocenters. The van der Waals surface area contributed by atoms with Gasteiger partial charge in [0, 0.05) is 6.42 Å². The molecule has 2 aromatic heterocycles. The minimum absolute atomic E-state index is 0.541. The standard InChI is InChI=1S/C11H14N4S2/c1-3-4-10-13-14-11(16)15(10)12-7-9-8(2)5-6-17-9/h5-7H,3-4H2,1-2H3,(H,14,16)/b12-7-. The van der Waals surface area contributed by atoms with Gasteiger partial charge >= 0.3 is 0 Å². The molecule has 0 unspecified atom stereocenters. The minimum Gasteiger partial charge on any atom is -0.250 e. The lowest BCUT2D eigenvalue weighted by Crippen LogP contribution is -1.98. The maximum Gasteiger partial charge on any atom is 0.216 e. The number of aryl methyl sites for hydroxylation is 2. The Hall–Kier alpha value is -1.27. The molecule has 90 valence electrons. The summed E-state index contributed by atoms with van der Waals surface area (Å²) in [6.07, 6.45) is 3.73. The zero-order valence-corrected chi connectivity index (χ0v) is 11.4. The molecule has 0 aliphatic heterocycles. The molecule has 2 aromatic rings. The summed E-state index contributed by atoms with van der Waals surface area (Å²) in [4.78, 5) is 1.15. The van der Waals surface area contributed by atoms with Crippen molar-refractivity contribution in [3.63, 3.8) is 0 Å². The molecule has 0 saturated carbocycles. The number of aromatic amines is 1. The number of hydrogen-bond acceptors (Lipinski definition) is 4. The molecule has 0 aliphatic rings. The van der Waals surface area contributed by atoms with Gasteiger partial charge in [-0.2, -0.15) is 14.9 Å². The lowest BCUT2D eigenvalue weighted by atomic mass is 10.3. The summed E-state index contributed by atoms with van der Waals surface area (Å²) in [7, 11) is 0. The average molecular weight is 266 g/mol. The third-order valence-electron chi connectivity index (χ3n) is 2.38. The molecule has 0 saturated heterocycles. The Morgan fingerprint density at radius 3 is 3.12 bits per heavy atom. The molecular formula is C11H14N4S2. The molecule has 2 rings (SSSR count). The van der Waals surface area contributed by atoms with Gasteiger partial charge in [0.05, 0.1) is 11.1 Å². The molecule has 0 fully saturated rings. The Morgan fingerprint density at radius 1 is 1.65 bits per heavy atom. The predicted octanol–water partition coefficient (Wildman–Crippen LogP) is 3.15. The zero-order chi connectivity index (χ0) is 12.3. The van der Waals surface area contributed by atoms with Crippen LogP contribution in [0.3, 0.4) is 0 Å². The zero-order valence-electron chi connectivity index (χ0n) is 9.80. The van der Waals surface area contributed by atoms with Crippen molar-refractivity contribution >= 4 is 29.8 Å². The van der Waals surface area contributed by atoms with Crippen molar-refractivity contribution in [3.8, 4) is 0 Å². The topological polar surface area (TPSA) is 46.0 Å². The van der Waals surface area contributed by atoms with Crippen LogP contribution in [-0.4, -0.2) is 21.1 Å². The van der Waals surface area contributed by atoms with Crippen molar-refractivity contribution in [2.75, 3.05) is 0 Å². The van der Waals surface area contributed by atoms with Crippen LogP contribution in [0.5, 0.6) is 0 Å². The molecule has 1 N–H and O–H groups in total. The molecule has 17 heavy (non-hydrogen) atoms. The van der Waals surface area contributed by atoms with Crippen molar-refractivity contribution < 1.29 is 0 Å². The van der Waals surface area contributed by atoms with Gasteiger partial charge in [0.25, 0.3) is 0 Å². The third kappa shape index (κ3) is 2.70. The van der Waals surface area contributed by atoms with E-state index in [-0.39, 0.29) is 0 Å². The monoisotopic (exact) mass is 266 g/mol. The molecule has 0 radical (unpaired) electrons. The third-order valence-corrected chi connectivity index (χ3v) is 3.60. The highest BCUT2D eigenvalue weighted by molar-refractivity contribution is 7.71. The first kappa shape index (κ1) is 12.2. The Labute approximate surface area is 109 Å². The molecule has 0 aromatic carbocycles. The van der Waals surface area contributed by atoms with Gasteiger partial charge in [-0.15, -0.1) is 11.3 Å². The second-order valence-corrected chi connectivity index (χ2v) is 5.05. The van der Waals surface area contributed by atoms with Crippen LogP contribution in [0.15, 0.2) is 16.5 Å². The first-order valence-corrected chi connectivity index (χ1v) is 6.76. The number of hydrogen-bond donors (Lipinski definition) is 1. The fraction of sp³-hybridized carbons (Fsp3) is 0.364. The Balaban J connectivity index is 2.29. The highest BCUT2D eigenvalue weighted by Crippen LogP contribution is 2.13. The Kier molecular flexibility index (Phi) is 3.86. The van der Waals surface area contributed by atoms with Crippen LogP contribution in [0.1, 0.15) is 29.6 Å². The van der Waals surface area contributed by atoms with Crippen molar-refractivity contribution in [3.05, 3.63) is 32.5 Å². The largest absolute Gasteiger partial charge is 0.250 e. The summed E-state index contributed by atoms with van der Waals surface area (Å²) in [6.45, 7) is 4.18. The van der Waals surface area contributed by atoms with Gasteiger partial charge in [-0.3, -0.25) is 5.10 Å². The number of rotatable bonds is 4. The number of nitrogens with zero attached hydrogens (tertiary/aromatic N) is 3. The van der Waals surface area contributed by atoms with Crippen LogP contribution in [0.25, 0.3) is 0 Å². The molecule has 6 heteroatoms. The van der Waals surface area contributed by atoms with E-state index in [0.717, 1.165) is 23.5 Å². The molecule has 0 bridgehead atoms. The van der Waals surface area contributed by atoms with Crippen LogP contribution in [0, 0.1) is 11.7 Å². The molecule has 2 heterocycles. The van der Waals surface area contributed by atoms with E-state index in [1.165, 1.54) is 5.56 Å². The summed E-state index contributed by atoms with van der Waals surface area (Å²) in [5.41, 5.74) is 1.23. The van der Waals surface area contributed by atoms with Gasteiger partial charge in [-0.1, -0.05) is 6.92 Å². The minimum atomic E-state index is 0.541. The average Bonchev–Trinajstić information content (AvgIpc) is 2.85. The normalized spacial score (nSPS) is 11.4. The molecular weight excluding hydrogens is 252 g/mol. The van der Waals surface area contributed by atoms with E-state index in [9.17, 15) is 0 Å². The quantitative estimate of drug-likeness (QED) is 0.682. The lowest BCUT2D eigenvalue weighted by Gasteiger charge is -1.97. The smallest absolute Gasteiger partial charge is 0.216 e. The van der Waals surface area contributed by atoms with E-state index in [1.807, 2.05) is 6.21 Å². The number of thiophene rings is 1. The first-order chi connectivity index (χ1) is 8.22. The van der Waals surface area contributed by atoms with Gasteiger partial charge in [0.2, 0.25) is 4.77 Å². The van der Waals surface area contributed by atoms with E-state index in [4.69, 9.17) is 12.2 Å². The number of H-pyrrole nitrogens is 1. The van der Waals surface area contributed by atoms with Crippen molar-refractivity contribution in [2.45, 2.75) is 26.7 Å². The molecule has 0 amide bonds. The molecule has 0 aliphatic carbocycles. The van der Waals surface area contributed by atoms with Gasteiger partial charge in [0.1, 0.15) is 0 Å². The summed E-state index contributed by atoms with van der Waals surface area (Å²) < 4.78 is 2.23. The second kappa shape index (κ2) is 5.37. The predicted molar refractivity (Wildman–Crippen MR) is 73.5 cm³/mol. The van der Waals surface area contributed by atoms with E-state index in [1.54, 1.807) is 16.0 Å². The van der Waals surface area contributed by atoms with E-state index >= 15 is 0 Å². The fourth-order valence-corrected chi connectivity index (χ4v) is 2.43. The Morgan fingerprint density at radius 2 is 2.47 bits per heavy atom. The van der Waals surface area contributed by atoms with Gasteiger partial charge in [-0.05, 0) is 42.6 Å². The van der Waals surface area contributed by atoms with Gasteiger partial charge in [-0.25, -0.2) is 0 Å². The lowest BCUT2D eigenvalue weighted by molar-refractivity contribution is 0.740. The number of aromatic nitrogens is 3. The van der Waals surface area contributed by atoms with Crippen LogP contribution >= 0.6 is 23.6 Å². The van der Waals surface area contributed by atoms with E-state index in [0.29, 0.717) is 4.77 Å². The van der Waals surface area contributed by atoms with Crippen molar-refractivity contribution in [2.24, 2.45) is 5.10 Å². The van der Waals surface area contributed by atoms with Crippen LogP contribution in [0.2, 0.25) is 0 Å². The van der Waals surface area contributed by atoms with Crippen molar-refractivity contribution in [1.29, 1.82) is 0 Å². The van der Waals surface area contributed by atoms with Gasteiger partial charge in [0.15, 0.2) is 5.82 Å². The number of nitrogens with one attached hydrogen (secondary N) is 1. The maximum atomic E-state index is 5.15. The maximum absolute atomic E-state index is 5.15. The van der Waals surface area contributed by atoms with Gasteiger partial charge < -0.3 is 0 Å². The van der Waals surface area contributed by atoms with Crippen molar-refractivity contribution in [1.82, 2.24) is 14.9 Å². The van der Waals surface area contributed by atoms with E-state index < -0.39 is 0 Å². The van der Waals surface area contributed by atoms with Crippen LogP contribution in [-0.2, 0) is 6.42 Å².